The molecule has 108 valence electrons. The molecular formula is C17H24N2O. The van der Waals surface area contributed by atoms with E-state index in [1.54, 1.807) is 0 Å². The van der Waals surface area contributed by atoms with Crippen LogP contribution in [0.1, 0.15) is 49.7 Å². The number of amides is 1. The van der Waals surface area contributed by atoms with Crippen molar-refractivity contribution in [3.63, 3.8) is 0 Å². The highest BCUT2D eigenvalue weighted by molar-refractivity contribution is 5.87. The second-order valence-electron chi connectivity index (χ2n) is 6.15. The molecule has 1 fully saturated rings. The Bertz CT molecular complexity index is 492. The summed E-state index contributed by atoms with van der Waals surface area (Å²) in [6.45, 7) is 2.91. The third-order valence-corrected chi connectivity index (χ3v) is 4.96. The second-order valence-corrected chi connectivity index (χ2v) is 6.15. The Kier molecular flexibility index (Phi) is 3.79. The molecule has 3 rings (SSSR count). The van der Waals surface area contributed by atoms with Gasteiger partial charge in [0.25, 0.3) is 0 Å². The normalized spacial score (nSPS) is 28.4. The number of fused-ring (bicyclic) bond motifs is 1. The lowest BCUT2D eigenvalue weighted by atomic mass is 9.76. The van der Waals surface area contributed by atoms with Crippen molar-refractivity contribution in [1.82, 2.24) is 4.90 Å². The molecule has 2 N–H and O–H groups in total. The molecule has 2 aliphatic carbocycles. The molecule has 1 aromatic rings. The van der Waals surface area contributed by atoms with Gasteiger partial charge >= 0.3 is 0 Å². The minimum absolute atomic E-state index is 0.0988. The summed E-state index contributed by atoms with van der Waals surface area (Å²) in [4.78, 5) is 14.9. The summed E-state index contributed by atoms with van der Waals surface area (Å²) in [7, 11) is 0. The quantitative estimate of drug-likeness (QED) is 0.918. The SMILES string of the molecule is CCN(C(=O)C1Cc2ccccc21)C1CCC(N)CC1. The highest BCUT2D eigenvalue weighted by Crippen LogP contribution is 2.37. The molecule has 20 heavy (non-hydrogen) atoms. The van der Waals surface area contributed by atoms with Gasteiger partial charge in [0.05, 0.1) is 5.92 Å². The Morgan fingerprint density at radius 1 is 1.25 bits per heavy atom. The molecule has 0 saturated heterocycles. The lowest BCUT2D eigenvalue weighted by Crippen LogP contribution is -2.47. The Balaban J connectivity index is 1.70. The molecule has 1 atom stereocenters. The maximum Gasteiger partial charge on any atom is 0.230 e. The molecule has 3 nitrogen and oxygen atoms in total. The lowest BCUT2D eigenvalue weighted by Gasteiger charge is -2.40. The zero-order chi connectivity index (χ0) is 14.1. The molecule has 0 bridgehead atoms. The zero-order valence-corrected chi connectivity index (χ0v) is 12.2. The van der Waals surface area contributed by atoms with Crippen molar-refractivity contribution in [2.24, 2.45) is 5.73 Å². The van der Waals surface area contributed by atoms with Crippen molar-refractivity contribution >= 4 is 5.91 Å². The maximum atomic E-state index is 12.8. The number of hydrogen-bond acceptors (Lipinski definition) is 2. The van der Waals surface area contributed by atoms with E-state index >= 15 is 0 Å². The topological polar surface area (TPSA) is 46.3 Å². The van der Waals surface area contributed by atoms with Crippen LogP contribution in [0.25, 0.3) is 0 Å². The van der Waals surface area contributed by atoms with Crippen LogP contribution in [0.2, 0.25) is 0 Å². The summed E-state index contributed by atoms with van der Waals surface area (Å²) in [6, 6.07) is 9.07. The summed E-state index contributed by atoms with van der Waals surface area (Å²) in [5.41, 5.74) is 8.55. The molecule has 1 saturated carbocycles. The van der Waals surface area contributed by atoms with E-state index in [-0.39, 0.29) is 5.92 Å². The van der Waals surface area contributed by atoms with Gasteiger partial charge < -0.3 is 10.6 Å². The molecule has 2 aliphatic rings. The minimum atomic E-state index is 0.0988. The number of carbonyl (C=O) groups is 1. The van der Waals surface area contributed by atoms with Gasteiger partial charge in [-0.25, -0.2) is 0 Å². The van der Waals surface area contributed by atoms with Crippen molar-refractivity contribution < 1.29 is 4.79 Å². The molecule has 0 aliphatic heterocycles. The number of nitrogens with two attached hydrogens (primary N) is 1. The predicted molar refractivity (Wildman–Crippen MR) is 80.5 cm³/mol. The smallest absolute Gasteiger partial charge is 0.230 e. The third kappa shape index (κ3) is 2.35. The number of nitrogens with zero attached hydrogens (tertiary/aromatic N) is 1. The Morgan fingerprint density at radius 3 is 2.60 bits per heavy atom. The minimum Gasteiger partial charge on any atom is -0.339 e. The fourth-order valence-corrected chi connectivity index (χ4v) is 3.69. The summed E-state index contributed by atoms with van der Waals surface area (Å²) < 4.78 is 0. The molecule has 3 heteroatoms. The van der Waals surface area contributed by atoms with Gasteiger partial charge in [0, 0.05) is 18.6 Å². The highest BCUT2D eigenvalue weighted by Gasteiger charge is 2.37. The standard InChI is InChI=1S/C17H24N2O/c1-2-19(14-9-7-13(18)8-10-14)17(20)16-11-12-5-3-4-6-15(12)16/h3-6,13-14,16H,2,7-11,18H2,1H3. The van der Waals surface area contributed by atoms with Crippen molar-refractivity contribution in [3.8, 4) is 0 Å². The van der Waals surface area contributed by atoms with Crippen LogP contribution in [0.15, 0.2) is 24.3 Å². The summed E-state index contributed by atoms with van der Waals surface area (Å²) >= 11 is 0. The van der Waals surface area contributed by atoms with Crippen molar-refractivity contribution in [2.45, 2.75) is 57.0 Å². The van der Waals surface area contributed by atoms with E-state index in [1.165, 1.54) is 11.1 Å². The van der Waals surface area contributed by atoms with Crippen LogP contribution in [-0.2, 0) is 11.2 Å². The molecule has 1 aromatic carbocycles. The van der Waals surface area contributed by atoms with Crippen molar-refractivity contribution in [3.05, 3.63) is 35.4 Å². The Labute approximate surface area is 121 Å². The Morgan fingerprint density at radius 2 is 1.95 bits per heavy atom. The van der Waals surface area contributed by atoms with Crippen LogP contribution in [0.3, 0.4) is 0 Å². The number of hydrogen-bond donors (Lipinski definition) is 1. The van der Waals surface area contributed by atoms with Crippen LogP contribution in [0.5, 0.6) is 0 Å². The summed E-state index contributed by atoms with van der Waals surface area (Å²) in [5.74, 6) is 0.424. The van der Waals surface area contributed by atoms with E-state index in [0.717, 1.165) is 38.6 Å². The van der Waals surface area contributed by atoms with Gasteiger partial charge in [0.1, 0.15) is 0 Å². The molecular weight excluding hydrogens is 248 g/mol. The fourth-order valence-electron chi connectivity index (χ4n) is 3.69. The number of benzene rings is 1. The van der Waals surface area contributed by atoms with Gasteiger partial charge in [-0.1, -0.05) is 24.3 Å². The van der Waals surface area contributed by atoms with Crippen LogP contribution < -0.4 is 5.73 Å². The molecule has 0 heterocycles. The number of carbonyl (C=O) groups excluding carboxylic acids is 1. The average Bonchev–Trinajstić information content (AvgIpc) is 2.43. The lowest BCUT2D eigenvalue weighted by molar-refractivity contribution is -0.136. The second kappa shape index (κ2) is 5.57. The van der Waals surface area contributed by atoms with E-state index in [1.807, 2.05) is 6.07 Å². The fraction of sp³-hybridized carbons (Fsp3) is 0.588. The van der Waals surface area contributed by atoms with Gasteiger partial charge in [-0.2, -0.15) is 0 Å². The van der Waals surface area contributed by atoms with Crippen LogP contribution in [-0.4, -0.2) is 29.4 Å². The molecule has 0 radical (unpaired) electrons. The molecule has 1 unspecified atom stereocenters. The molecule has 0 aromatic heterocycles. The van der Waals surface area contributed by atoms with Crippen LogP contribution >= 0.6 is 0 Å². The number of likely N-dealkylation sites (N-methyl/N-ethyl adjacent to an activating group) is 1. The van der Waals surface area contributed by atoms with Gasteiger partial charge in [0.2, 0.25) is 5.91 Å². The van der Waals surface area contributed by atoms with Gasteiger partial charge in [0.15, 0.2) is 0 Å². The average molecular weight is 272 g/mol. The molecule has 1 amide bonds. The van der Waals surface area contributed by atoms with Crippen LogP contribution in [0, 0.1) is 0 Å². The Hall–Kier alpha value is -1.35. The third-order valence-electron chi connectivity index (χ3n) is 4.96. The van der Waals surface area contributed by atoms with Gasteiger partial charge in [-0.3, -0.25) is 4.79 Å². The first-order chi connectivity index (χ1) is 9.70. The zero-order valence-electron chi connectivity index (χ0n) is 12.2. The first-order valence-electron chi connectivity index (χ1n) is 7.84. The maximum absolute atomic E-state index is 12.8. The van der Waals surface area contributed by atoms with E-state index in [0.29, 0.717) is 18.0 Å². The summed E-state index contributed by atoms with van der Waals surface area (Å²) in [6.07, 6.45) is 5.15. The summed E-state index contributed by atoms with van der Waals surface area (Å²) in [5, 5.41) is 0. The highest BCUT2D eigenvalue weighted by atomic mass is 16.2. The van der Waals surface area contributed by atoms with E-state index < -0.39 is 0 Å². The van der Waals surface area contributed by atoms with E-state index in [4.69, 9.17) is 5.73 Å². The number of rotatable bonds is 3. The van der Waals surface area contributed by atoms with Crippen molar-refractivity contribution in [1.29, 1.82) is 0 Å². The first kappa shape index (κ1) is 13.6. The van der Waals surface area contributed by atoms with Gasteiger partial charge in [-0.05, 0) is 50.2 Å². The largest absolute Gasteiger partial charge is 0.339 e. The van der Waals surface area contributed by atoms with Gasteiger partial charge in [-0.15, -0.1) is 0 Å². The predicted octanol–water partition coefficient (Wildman–Crippen LogP) is 2.44. The molecule has 0 spiro atoms. The first-order valence-corrected chi connectivity index (χ1v) is 7.84. The monoisotopic (exact) mass is 272 g/mol. The van der Waals surface area contributed by atoms with Crippen LogP contribution in [0.4, 0.5) is 0 Å². The van der Waals surface area contributed by atoms with E-state index in [2.05, 4.69) is 30.0 Å². The van der Waals surface area contributed by atoms with E-state index in [9.17, 15) is 4.79 Å². The van der Waals surface area contributed by atoms with Crippen molar-refractivity contribution in [2.75, 3.05) is 6.54 Å².